The highest BCUT2D eigenvalue weighted by atomic mass is 32.1. The third-order valence-electron chi connectivity index (χ3n) is 4.37. The first-order valence-electron chi connectivity index (χ1n) is 9.83. The van der Waals surface area contributed by atoms with E-state index in [1.54, 1.807) is 36.4 Å². The Kier molecular flexibility index (Phi) is 7.56. The van der Waals surface area contributed by atoms with Crippen molar-refractivity contribution in [3.63, 3.8) is 0 Å². The summed E-state index contributed by atoms with van der Waals surface area (Å²) in [6, 6.07) is 16.3. The molecule has 1 heterocycles. The third kappa shape index (κ3) is 6.52. The molecule has 7 heteroatoms. The first kappa shape index (κ1) is 22.2. The van der Waals surface area contributed by atoms with Crippen LogP contribution in [0, 0.1) is 6.92 Å². The molecule has 1 aromatic heterocycles. The van der Waals surface area contributed by atoms with Gasteiger partial charge in [-0.1, -0.05) is 32.0 Å². The molecule has 31 heavy (non-hydrogen) atoms. The molecule has 0 aliphatic heterocycles. The van der Waals surface area contributed by atoms with Gasteiger partial charge in [0.15, 0.2) is 6.61 Å². The van der Waals surface area contributed by atoms with Crippen LogP contribution in [0.2, 0.25) is 0 Å². The topological polar surface area (TPSA) is 77.0 Å². The van der Waals surface area contributed by atoms with Crippen LogP contribution in [0.15, 0.2) is 65.1 Å². The van der Waals surface area contributed by atoms with Gasteiger partial charge in [-0.3, -0.25) is 4.79 Å². The number of nitrogens with one attached hydrogen (secondary N) is 1. The van der Waals surface area contributed by atoms with Crippen molar-refractivity contribution < 1.29 is 19.1 Å². The molecule has 1 N–H and O–H groups in total. The minimum Gasteiger partial charge on any atom is -0.483 e. The van der Waals surface area contributed by atoms with E-state index in [1.165, 1.54) is 17.6 Å². The second-order valence-electron chi connectivity index (χ2n) is 7.21. The number of esters is 1. The van der Waals surface area contributed by atoms with Crippen LogP contribution in [0.3, 0.4) is 0 Å². The second kappa shape index (κ2) is 10.5. The number of ether oxygens (including phenoxy) is 2. The number of rotatable bonds is 8. The van der Waals surface area contributed by atoms with Gasteiger partial charge in [-0.2, -0.15) is 5.10 Å². The van der Waals surface area contributed by atoms with Gasteiger partial charge in [0.2, 0.25) is 0 Å². The molecule has 2 aromatic carbocycles. The van der Waals surface area contributed by atoms with Crippen molar-refractivity contribution in [3.8, 4) is 11.5 Å². The molecule has 0 saturated carbocycles. The second-order valence-corrected chi connectivity index (χ2v) is 8.16. The van der Waals surface area contributed by atoms with Gasteiger partial charge >= 0.3 is 5.97 Å². The fourth-order valence-electron chi connectivity index (χ4n) is 2.77. The number of aryl methyl sites for hydroxylation is 1. The molecule has 1 amide bonds. The number of carbonyl (C=O) groups excluding carboxylic acids is 2. The van der Waals surface area contributed by atoms with Gasteiger partial charge in [0.05, 0.1) is 6.21 Å². The van der Waals surface area contributed by atoms with E-state index in [0.717, 1.165) is 16.7 Å². The van der Waals surface area contributed by atoms with Crippen molar-refractivity contribution in [2.45, 2.75) is 26.7 Å². The first-order valence-corrected chi connectivity index (χ1v) is 10.7. The molecule has 3 rings (SSSR count). The normalized spacial score (nSPS) is 11.0. The quantitative estimate of drug-likeness (QED) is 0.235. The predicted molar refractivity (Wildman–Crippen MR) is 122 cm³/mol. The summed E-state index contributed by atoms with van der Waals surface area (Å²) in [6.45, 7) is 6.01. The van der Waals surface area contributed by atoms with Crippen LogP contribution in [-0.4, -0.2) is 24.7 Å². The molecule has 0 aliphatic rings. The molecule has 6 nitrogen and oxygen atoms in total. The lowest BCUT2D eigenvalue weighted by atomic mass is 10.0. The van der Waals surface area contributed by atoms with Gasteiger partial charge in [0.25, 0.3) is 5.91 Å². The van der Waals surface area contributed by atoms with Crippen molar-refractivity contribution >= 4 is 29.4 Å². The Morgan fingerprint density at radius 1 is 1.13 bits per heavy atom. The fourth-order valence-corrected chi connectivity index (χ4v) is 3.37. The largest absolute Gasteiger partial charge is 0.483 e. The Hall–Kier alpha value is -3.45. The minimum absolute atomic E-state index is 0.127. The Balaban J connectivity index is 1.49. The van der Waals surface area contributed by atoms with Gasteiger partial charge in [-0.15, -0.1) is 11.3 Å². The maximum atomic E-state index is 12.1. The van der Waals surface area contributed by atoms with Gasteiger partial charge in [-0.05, 0) is 71.3 Å². The molecular formula is C24H24N2O4S. The van der Waals surface area contributed by atoms with Crippen molar-refractivity contribution in [1.82, 2.24) is 5.43 Å². The van der Waals surface area contributed by atoms with E-state index < -0.39 is 5.97 Å². The van der Waals surface area contributed by atoms with Crippen LogP contribution in [0.25, 0.3) is 0 Å². The molecule has 0 aliphatic carbocycles. The zero-order chi connectivity index (χ0) is 22.2. The summed E-state index contributed by atoms with van der Waals surface area (Å²) in [4.78, 5) is 24.5. The van der Waals surface area contributed by atoms with E-state index in [1.807, 2.05) is 30.5 Å². The minimum atomic E-state index is -0.391. The van der Waals surface area contributed by atoms with E-state index in [4.69, 9.17) is 9.47 Å². The Morgan fingerprint density at radius 3 is 2.58 bits per heavy atom. The summed E-state index contributed by atoms with van der Waals surface area (Å²) in [7, 11) is 0. The maximum absolute atomic E-state index is 12.1. The van der Waals surface area contributed by atoms with Crippen LogP contribution in [-0.2, 0) is 4.79 Å². The van der Waals surface area contributed by atoms with Crippen LogP contribution < -0.4 is 14.9 Å². The number of amides is 1. The summed E-state index contributed by atoms with van der Waals surface area (Å²) < 4.78 is 11.0. The summed E-state index contributed by atoms with van der Waals surface area (Å²) >= 11 is 1.33. The number of carbonyl (C=O) groups is 2. The molecule has 0 bridgehead atoms. The third-order valence-corrected chi connectivity index (χ3v) is 5.22. The van der Waals surface area contributed by atoms with Crippen LogP contribution in [0.5, 0.6) is 11.5 Å². The lowest BCUT2D eigenvalue weighted by molar-refractivity contribution is -0.123. The zero-order valence-corrected chi connectivity index (χ0v) is 18.4. The molecule has 0 fully saturated rings. The predicted octanol–water partition coefficient (Wildman–Crippen LogP) is 4.93. The molecule has 0 radical (unpaired) electrons. The fraction of sp³-hybridized carbons (Fsp3) is 0.208. The number of benzene rings is 2. The van der Waals surface area contributed by atoms with E-state index in [0.29, 0.717) is 22.3 Å². The van der Waals surface area contributed by atoms with Crippen LogP contribution in [0.1, 0.15) is 46.1 Å². The summed E-state index contributed by atoms with van der Waals surface area (Å²) in [5, 5.41) is 5.77. The lowest BCUT2D eigenvalue weighted by Crippen LogP contribution is -2.25. The Labute approximate surface area is 185 Å². The molecule has 160 valence electrons. The van der Waals surface area contributed by atoms with Crippen molar-refractivity contribution in [1.29, 1.82) is 0 Å². The highest BCUT2D eigenvalue weighted by molar-refractivity contribution is 7.12. The lowest BCUT2D eigenvalue weighted by Gasteiger charge is -2.14. The highest BCUT2D eigenvalue weighted by Crippen LogP contribution is 2.27. The van der Waals surface area contributed by atoms with Gasteiger partial charge in [0, 0.05) is 0 Å². The van der Waals surface area contributed by atoms with E-state index in [9.17, 15) is 9.59 Å². The first-order chi connectivity index (χ1) is 14.9. The number of hydrazone groups is 1. The monoisotopic (exact) mass is 436 g/mol. The zero-order valence-electron chi connectivity index (χ0n) is 17.6. The number of nitrogens with zero attached hydrogens (tertiary/aromatic N) is 1. The van der Waals surface area contributed by atoms with E-state index in [2.05, 4.69) is 24.4 Å². The highest BCUT2D eigenvalue weighted by Gasteiger charge is 2.10. The average Bonchev–Trinajstić information content (AvgIpc) is 3.28. The van der Waals surface area contributed by atoms with Crippen LogP contribution in [0.4, 0.5) is 0 Å². The van der Waals surface area contributed by atoms with Crippen molar-refractivity contribution in [2.75, 3.05) is 6.61 Å². The summed E-state index contributed by atoms with van der Waals surface area (Å²) in [5.41, 5.74) is 5.33. The molecule has 0 atom stereocenters. The Morgan fingerprint density at radius 2 is 1.90 bits per heavy atom. The maximum Gasteiger partial charge on any atom is 0.353 e. The van der Waals surface area contributed by atoms with E-state index in [-0.39, 0.29) is 12.5 Å². The van der Waals surface area contributed by atoms with E-state index >= 15 is 0 Å². The standard InChI is InChI=1S/C24H24N2O4S/c1-16(2)20-11-6-17(3)13-21(20)29-15-23(27)26-25-14-18-7-9-19(10-8-18)30-24(28)22-5-4-12-31-22/h4-14,16H,15H2,1-3H3,(H,26,27). The van der Waals surface area contributed by atoms with Gasteiger partial charge in [-0.25, -0.2) is 10.2 Å². The SMILES string of the molecule is Cc1ccc(C(C)C)c(OCC(=O)NN=Cc2ccc(OC(=O)c3cccs3)cc2)c1. The van der Waals surface area contributed by atoms with Gasteiger partial charge < -0.3 is 9.47 Å². The summed E-state index contributed by atoms with van der Waals surface area (Å²) in [6.07, 6.45) is 1.51. The number of hydrogen-bond acceptors (Lipinski definition) is 6. The Bertz CT molecular complexity index is 1060. The number of hydrogen-bond donors (Lipinski definition) is 1. The average molecular weight is 437 g/mol. The van der Waals surface area contributed by atoms with Crippen LogP contribution >= 0.6 is 11.3 Å². The molecule has 0 saturated heterocycles. The van der Waals surface area contributed by atoms with Crippen molar-refractivity contribution in [2.24, 2.45) is 5.10 Å². The summed E-state index contributed by atoms with van der Waals surface area (Å²) in [5.74, 6) is 0.699. The van der Waals surface area contributed by atoms with Crippen molar-refractivity contribution in [3.05, 3.63) is 81.5 Å². The smallest absolute Gasteiger partial charge is 0.353 e. The molecular weight excluding hydrogens is 412 g/mol. The number of thiophene rings is 1. The van der Waals surface area contributed by atoms with Gasteiger partial charge in [0.1, 0.15) is 16.4 Å². The molecule has 3 aromatic rings. The molecule has 0 spiro atoms. The molecule has 0 unspecified atom stereocenters.